The van der Waals surface area contributed by atoms with Crippen LogP contribution in [0.4, 0.5) is 0 Å². The van der Waals surface area contributed by atoms with Gasteiger partial charge in [-0.1, -0.05) is 19.8 Å². The van der Waals surface area contributed by atoms with Gasteiger partial charge in [0, 0.05) is 15.1 Å². The molecule has 2 aromatic rings. The highest BCUT2D eigenvalue weighted by molar-refractivity contribution is 7.19. The lowest BCUT2D eigenvalue weighted by Crippen LogP contribution is -1.87. The maximum absolute atomic E-state index is 5.43. The van der Waals surface area contributed by atoms with Crippen molar-refractivity contribution in [2.75, 3.05) is 0 Å². The third-order valence-electron chi connectivity index (χ3n) is 2.66. The minimum atomic E-state index is 0.562. The van der Waals surface area contributed by atoms with E-state index in [0.717, 1.165) is 5.56 Å². The number of thiophene rings is 1. The van der Waals surface area contributed by atoms with E-state index in [9.17, 15) is 0 Å². The molecular formula is C14H14S. The van der Waals surface area contributed by atoms with Crippen molar-refractivity contribution in [2.45, 2.75) is 26.7 Å². The lowest BCUT2D eigenvalue weighted by molar-refractivity contribution is 0.873. The van der Waals surface area contributed by atoms with E-state index in [1.54, 1.807) is 0 Å². The minimum Gasteiger partial charge on any atom is -0.140 e. The van der Waals surface area contributed by atoms with Crippen molar-refractivity contribution in [1.29, 1.82) is 0 Å². The maximum atomic E-state index is 5.43. The van der Waals surface area contributed by atoms with Crippen LogP contribution >= 0.6 is 11.3 Å². The first-order chi connectivity index (χ1) is 7.13. The molecule has 0 N–H and O–H groups in total. The van der Waals surface area contributed by atoms with Crippen LogP contribution in [0.25, 0.3) is 10.1 Å². The van der Waals surface area contributed by atoms with Crippen LogP contribution in [0.3, 0.4) is 0 Å². The van der Waals surface area contributed by atoms with Gasteiger partial charge in [-0.25, -0.2) is 0 Å². The number of aryl methyl sites for hydroxylation is 1. The van der Waals surface area contributed by atoms with E-state index in [0.29, 0.717) is 5.92 Å². The van der Waals surface area contributed by atoms with Crippen molar-refractivity contribution in [1.82, 2.24) is 0 Å². The van der Waals surface area contributed by atoms with Crippen LogP contribution in [0.1, 0.15) is 35.8 Å². The third-order valence-corrected chi connectivity index (χ3v) is 3.76. The molecule has 0 amide bonds. The number of rotatable bonds is 1. The average molecular weight is 214 g/mol. The normalized spacial score (nSPS) is 10.9. The fraction of sp³-hybridized carbons (Fsp3) is 0.286. The fourth-order valence-corrected chi connectivity index (χ4v) is 3.25. The molecule has 0 spiro atoms. The summed E-state index contributed by atoms with van der Waals surface area (Å²) in [5, 5.41) is 1.34. The molecule has 0 unspecified atom stereocenters. The van der Waals surface area contributed by atoms with Gasteiger partial charge in [0.15, 0.2) is 0 Å². The molecule has 0 aliphatic carbocycles. The highest BCUT2D eigenvalue weighted by atomic mass is 32.1. The Hall–Kier alpha value is -1.26. The van der Waals surface area contributed by atoms with E-state index in [1.807, 2.05) is 17.4 Å². The third kappa shape index (κ3) is 1.66. The molecule has 0 radical (unpaired) electrons. The zero-order valence-corrected chi connectivity index (χ0v) is 10.1. The molecule has 0 atom stereocenters. The van der Waals surface area contributed by atoms with Gasteiger partial charge in [-0.2, -0.15) is 0 Å². The molecule has 0 saturated carbocycles. The first kappa shape index (κ1) is 10.3. The molecule has 0 aliphatic rings. The molecule has 0 fully saturated rings. The van der Waals surface area contributed by atoms with E-state index in [2.05, 4.69) is 38.8 Å². The smallest absolute Gasteiger partial charge is 0.0349 e. The lowest BCUT2D eigenvalue weighted by Gasteiger charge is -2.05. The van der Waals surface area contributed by atoms with Gasteiger partial charge in [-0.15, -0.1) is 17.8 Å². The zero-order chi connectivity index (χ0) is 11.0. The molecule has 1 aromatic heterocycles. The molecular weight excluding hydrogens is 200 g/mol. The van der Waals surface area contributed by atoms with Crippen molar-refractivity contribution < 1.29 is 0 Å². The lowest BCUT2D eigenvalue weighted by atomic mass is 9.99. The highest BCUT2D eigenvalue weighted by Crippen LogP contribution is 2.35. The summed E-state index contributed by atoms with van der Waals surface area (Å²) < 4.78 is 1.34. The molecule has 2 rings (SSSR count). The molecule has 0 saturated heterocycles. The number of terminal acetylenes is 1. The summed E-state index contributed by atoms with van der Waals surface area (Å²) in [7, 11) is 0. The predicted molar refractivity (Wildman–Crippen MR) is 68.6 cm³/mol. The zero-order valence-electron chi connectivity index (χ0n) is 9.29. The van der Waals surface area contributed by atoms with Crippen LogP contribution in [0.5, 0.6) is 0 Å². The number of hydrogen-bond acceptors (Lipinski definition) is 1. The van der Waals surface area contributed by atoms with Gasteiger partial charge in [-0.05, 0) is 42.0 Å². The predicted octanol–water partition coefficient (Wildman–Crippen LogP) is 4.31. The largest absolute Gasteiger partial charge is 0.140 e. The SMILES string of the molecule is C#Cc1ccc2sc(C)c(C(C)C)c2c1. The van der Waals surface area contributed by atoms with E-state index >= 15 is 0 Å². The molecule has 76 valence electrons. The van der Waals surface area contributed by atoms with Gasteiger partial charge >= 0.3 is 0 Å². The minimum absolute atomic E-state index is 0.562. The molecule has 0 nitrogen and oxygen atoms in total. The van der Waals surface area contributed by atoms with Crippen molar-refractivity contribution in [3.8, 4) is 12.3 Å². The van der Waals surface area contributed by atoms with E-state index < -0.39 is 0 Å². The topological polar surface area (TPSA) is 0 Å². The van der Waals surface area contributed by atoms with Gasteiger partial charge in [-0.3, -0.25) is 0 Å². The quantitative estimate of drug-likeness (QED) is 0.620. The van der Waals surface area contributed by atoms with E-state index in [-0.39, 0.29) is 0 Å². The van der Waals surface area contributed by atoms with Crippen molar-refractivity contribution >= 4 is 21.4 Å². The summed E-state index contributed by atoms with van der Waals surface area (Å²) in [4.78, 5) is 1.41. The number of fused-ring (bicyclic) bond motifs is 1. The fourth-order valence-electron chi connectivity index (χ4n) is 2.05. The summed E-state index contributed by atoms with van der Waals surface area (Å²) >= 11 is 1.86. The van der Waals surface area contributed by atoms with E-state index in [1.165, 1.54) is 20.5 Å². The van der Waals surface area contributed by atoms with Crippen LogP contribution in [-0.4, -0.2) is 0 Å². The van der Waals surface area contributed by atoms with Crippen LogP contribution in [-0.2, 0) is 0 Å². The van der Waals surface area contributed by atoms with Gasteiger partial charge in [0.1, 0.15) is 0 Å². The van der Waals surface area contributed by atoms with Crippen LogP contribution in [0, 0.1) is 19.3 Å². The van der Waals surface area contributed by atoms with E-state index in [4.69, 9.17) is 6.42 Å². The Morgan fingerprint density at radius 2 is 2.07 bits per heavy atom. The Kier molecular flexibility index (Phi) is 2.54. The van der Waals surface area contributed by atoms with Crippen molar-refractivity contribution in [3.05, 3.63) is 34.2 Å². The second-order valence-corrected chi connectivity index (χ2v) is 5.34. The van der Waals surface area contributed by atoms with Crippen LogP contribution in [0.2, 0.25) is 0 Å². The molecule has 1 heteroatoms. The van der Waals surface area contributed by atoms with Crippen LogP contribution < -0.4 is 0 Å². The van der Waals surface area contributed by atoms with Gasteiger partial charge in [0.25, 0.3) is 0 Å². The Labute approximate surface area is 94.9 Å². The molecule has 0 aliphatic heterocycles. The van der Waals surface area contributed by atoms with Crippen molar-refractivity contribution in [3.63, 3.8) is 0 Å². The Bertz CT molecular complexity index is 538. The second-order valence-electron chi connectivity index (χ2n) is 4.08. The van der Waals surface area contributed by atoms with Crippen molar-refractivity contribution in [2.24, 2.45) is 0 Å². The van der Waals surface area contributed by atoms with Crippen LogP contribution in [0.15, 0.2) is 18.2 Å². The Morgan fingerprint density at radius 1 is 1.33 bits per heavy atom. The Morgan fingerprint density at radius 3 is 2.67 bits per heavy atom. The number of benzene rings is 1. The van der Waals surface area contributed by atoms with Gasteiger partial charge in [0.05, 0.1) is 0 Å². The Balaban J connectivity index is 2.79. The average Bonchev–Trinajstić information content (AvgIpc) is 2.52. The molecule has 1 aromatic carbocycles. The first-order valence-corrected chi connectivity index (χ1v) is 5.94. The highest BCUT2D eigenvalue weighted by Gasteiger charge is 2.11. The standard InChI is InChI=1S/C14H14S/c1-5-11-6-7-13-12(8-11)14(9(2)3)10(4)15-13/h1,6-9H,2-4H3. The molecule has 15 heavy (non-hydrogen) atoms. The summed E-state index contributed by atoms with van der Waals surface area (Å²) in [6, 6.07) is 6.28. The number of hydrogen-bond donors (Lipinski definition) is 0. The van der Waals surface area contributed by atoms with Gasteiger partial charge in [0.2, 0.25) is 0 Å². The molecule has 1 heterocycles. The summed E-state index contributed by atoms with van der Waals surface area (Å²) in [6.45, 7) is 6.66. The summed E-state index contributed by atoms with van der Waals surface area (Å²) in [6.07, 6.45) is 5.43. The second kappa shape index (κ2) is 3.72. The maximum Gasteiger partial charge on any atom is 0.0349 e. The summed E-state index contributed by atoms with van der Waals surface area (Å²) in [5.41, 5.74) is 2.43. The summed E-state index contributed by atoms with van der Waals surface area (Å²) in [5.74, 6) is 3.26. The molecule has 0 bridgehead atoms. The van der Waals surface area contributed by atoms with Gasteiger partial charge < -0.3 is 0 Å². The first-order valence-electron chi connectivity index (χ1n) is 5.13. The monoisotopic (exact) mass is 214 g/mol.